The molecule has 2 bridgehead atoms. The van der Waals surface area contributed by atoms with Gasteiger partial charge in [0.2, 0.25) is 0 Å². The zero-order valence-corrected chi connectivity index (χ0v) is 20.1. The van der Waals surface area contributed by atoms with Crippen molar-refractivity contribution in [3.63, 3.8) is 0 Å². The minimum atomic E-state index is -0.387. The van der Waals surface area contributed by atoms with Crippen LogP contribution in [0.2, 0.25) is 0 Å². The Balaban J connectivity index is 1.51. The van der Waals surface area contributed by atoms with Crippen LogP contribution in [0.5, 0.6) is 0 Å². The van der Waals surface area contributed by atoms with E-state index in [0.717, 1.165) is 78.3 Å². The highest BCUT2D eigenvalue weighted by Crippen LogP contribution is 2.18. The highest BCUT2D eigenvalue weighted by molar-refractivity contribution is 5.16. The zero-order chi connectivity index (χ0) is 23.6. The standard InChI is InChI=1S/C28H36N6/c29-21-27-28(22-30)34-15-7-13-31(23-25-9-3-1-4-10-25)17-19-33(27)16-8-14-32(18-20-34)24-26-11-5-2-6-12-26/h1-6,9-12,27-28H,7-8,13-20,23-24H2. The van der Waals surface area contributed by atoms with E-state index in [9.17, 15) is 10.5 Å². The minimum Gasteiger partial charge on any atom is -0.298 e. The molecule has 178 valence electrons. The first-order chi connectivity index (χ1) is 16.8. The summed E-state index contributed by atoms with van der Waals surface area (Å²) in [6, 6.07) is 25.5. The maximum atomic E-state index is 10.1. The molecule has 2 aliphatic rings. The molecule has 0 aliphatic carbocycles. The minimum absolute atomic E-state index is 0.387. The number of nitrogens with zero attached hydrogens (tertiary/aromatic N) is 6. The molecule has 2 saturated heterocycles. The Labute approximate surface area is 204 Å². The summed E-state index contributed by atoms with van der Waals surface area (Å²) in [5, 5.41) is 20.3. The first kappa shape index (κ1) is 24.4. The number of hydrogen-bond donors (Lipinski definition) is 0. The molecule has 34 heavy (non-hydrogen) atoms. The van der Waals surface area contributed by atoms with Crippen LogP contribution in [0.4, 0.5) is 0 Å². The molecule has 4 unspecified atom stereocenters. The van der Waals surface area contributed by atoms with Gasteiger partial charge in [0.25, 0.3) is 0 Å². The fourth-order valence-corrected chi connectivity index (χ4v) is 5.24. The number of nitriles is 2. The first-order valence-electron chi connectivity index (χ1n) is 12.6. The smallest absolute Gasteiger partial charge is 0.127 e. The van der Waals surface area contributed by atoms with E-state index in [2.05, 4.69) is 92.4 Å². The lowest BCUT2D eigenvalue weighted by atomic mass is 10.0. The number of rotatable bonds is 4. The monoisotopic (exact) mass is 456 g/mol. The summed E-state index contributed by atoms with van der Waals surface area (Å²) in [5.41, 5.74) is 2.65. The molecule has 2 aromatic carbocycles. The molecule has 0 spiro atoms. The maximum absolute atomic E-state index is 10.1. The van der Waals surface area contributed by atoms with Crippen LogP contribution in [0, 0.1) is 22.7 Å². The molecule has 2 fully saturated rings. The largest absolute Gasteiger partial charge is 0.298 e. The molecule has 0 radical (unpaired) electrons. The lowest BCUT2D eigenvalue weighted by Gasteiger charge is -2.40. The Bertz CT molecular complexity index is 871. The van der Waals surface area contributed by atoms with Crippen LogP contribution in [0.3, 0.4) is 0 Å². The van der Waals surface area contributed by atoms with Gasteiger partial charge in [0.15, 0.2) is 0 Å². The van der Waals surface area contributed by atoms with Gasteiger partial charge in [0.05, 0.1) is 12.1 Å². The van der Waals surface area contributed by atoms with E-state index in [1.807, 2.05) is 0 Å². The van der Waals surface area contributed by atoms with Crippen LogP contribution in [0.25, 0.3) is 0 Å². The third-order valence-corrected chi connectivity index (χ3v) is 7.09. The molecule has 0 N–H and O–H groups in total. The summed E-state index contributed by atoms with van der Waals surface area (Å²) >= 11 is 0. The second-order valence-electron chi connectivity index (χ2n) is 9.45. The van der Waals surface area contributed by atoms with E-state index < -0.39 is 0 Å². The van der Waals surface area contributed by atoms with Crippen molar-refractivity contribution in [2.45, 2.75) is 38.0 Å². The van der Waals surface area contributed by atoms with Gasteiger partial charge in [-0.05, 0) is 37.1 Å². The van der Waals surface area contributed by atoms with Crippen molar-refractivity contribution in [3.8, 4) is 12.1 Å². The predicted octanol–water partition coefficient (Wildman–Crippen LogP) is 3.19. The molecule has 0 amide bonds. The van der Waals surface area contributed by atoms with Gasteiger partial charge < -0.3 is 0 Å². The Hall–Kier alpha value is -2.74. The highest BCUT2D eigenvalue weighted by Gasteiger charge is 2.34. The molecule has 4 rings (SSSR count). The van der Waals surface area contributed by atoms with Crippen molar-refractivity contribution >= 4 is 0 Å². The third-order valence-electron chi connectivity index (χ3n) is 7.09. The van der Waals surface area contributed by atoms with Crippen molar-refractivity contribution in [3.05, 3.63) is 71.8 Å². The van der Waals surface area contributed by atoms with Crippen LogP contribution in [0.15, 0.2) is 60.7 Å². The van der Waals surface area contributed by atoms with Crippen LogP contribution >= 0.6 is 0 Å². The normalized spacial score (nSPS) is 27.4. The Morgan fingerprint density at radius 2 is 0.971 bits per heavy atom. The molecule has 6 nitrogen and oxygen atoms in total. The SMILES string of the molecule is N#CC1C(C#N)N2CCCN(Cc3ccccc3)CCN1CCCN(Cc1ccccc1)CC2. The van der Waals surface area contributed by atoms with Crippen LogP contribution in [0.1, 0.15) is 24.0 Å². The average Bonchev–Trinajstić information content (AvgIpc) is 2.87. The lowest BCUT2D eigenvalue weighted by molar-refractivity contribution is 0.0749. The summed E-state index contributed by atoms with van der Waals surface area (Å²) in [6.07, 6.45) is 2.00. The van der Waals surface area contributed by atoms with Crippen molar-refractivity contribution in [1.29, 1.82) is 10.5 Å². The summed E-state index contributed by atoms with van der Waals surface area (Å²) in [4.78, 5) is 9.57. The Kier molecular flexibility index (Phi) is 9.07. The Morgan fingerprint density at radius 3 is 1.35 bits per heavy atom. The molecular formula is C28H36N6. The van der Waals surface area contributed by atoms with Crippen molar-refractivity contribution in [2.24, 2.45) is 0 Å². The molecule has 6 heteroatoms. The van der Waals surface area contributed by atoms with Gasteiger partial charge in [-0.2, -0.15) is 10.5 Å². The van der Waals surface area contributed by atoms with Crippen molar-refractivity contribution in [1.82, 2.24) is 19.6 Å². The highest BCUT2D eigenvalue weighted by atomic mass is 15.3. The Morgan fingerprint density at radius 1 is 0.559 bits per heavy atom. The van der Waals surface area contributed by atoms with E-state index in [0.29, 0.717) is 0 Å². The molecule has 0 saturated carbocycles. The molecule has 2 aliphatic heterocycles. The number of hydrogen-bond acceptors (Lipinski definition) is 6. The molecule has 2 heterocycles. The molecule has 4 atom stereocenters. The number of fused-ring (bicyclic) bond motifs is 3. The second kappa shape index (κ2) is 12.6. The lowest BCUT2D eigenvalue weighted by Crippen LogP contribution is -2.56. The molecule has 2 aromatic rings. The summed E-state index contributed by atoms with van der Waals surface area (Å²) in [7, 11) is 0. The average molecular weight is 457 g/mol. The molecule has 0 aromatic heterocycles. The quantitative estimate of drug-likeness (QED) is 0.704. The molecular weight excluding hydrogens is 420 g/mol. The maximum Gasteiger partial charge on any atom is 0.127 e. The van der Waals surface area contributed by atoms with Gasteiger partial charge in [0, 0.05) is 52.4 Å². The van der Waals surface area contributed by atoms with E-state index in [4.69, 9.17) is 0 Å². The van der Waals surface area contributed by atoms with Gasteiger partial charge in [0.1, 0.15) is 12.1 Å². The topological polar surface area (TPSA) is 60.5 Å². The van der Waals surface area contributed by atoms with Gasteiger partial charge in [-0.25, -0.2) is 0 Å². The van der Waals surface area contributed by atoms with Gasteiger partial charge in [-0.3, -0.25) is 19.6 Å². The van der Waals surface area contributed by atoms with Gasteiger partial charge in [-0.15, -0.1) is 0 Å². The van der Waals surface area contributed by atoms with Crippen molar-refractivity contribution in [2.75, 3.05) is 52.4 Å². The first-order valence-corrected chi connectivity index (χ1v) is 12.6. The van der Waals surface area contributed by atoms with Crippen LogP contribution in [-0.4, -0.2) is 84.0 Å². The van der Waals surface area contributed by atoms with Crippen LogP contribution in [-0.2, 0) is 13.1 Å². The summed E-state index contributed by atoms with van der Waals surface area (Å²) in [5.74, 6) is 0. The van der Waals surface area contributed by atoms with Gasteiger partial charge in [-0.1, -0.05) is 60.7 Å². The van der Waals surface area contributed by atoms with Crippen LogP contribution < -0.4 is 0 Å². The number of benzene rings is 2. The van der Waals surface area contributed by atoms with Gasteiger partial charge >= 0.3 is 0 Å². The van der Waals surface area contributed by atoms with Crippen molar-refractivity contribution < 1.29 is 0 Å². The fourth-order valence-electron chi connectivity index (χ4n) is 5.24. The summed E-state index contributed by atoms with van der Waals surface area (Å²) < 4.78 is 0. The summed E-state index contributed by atoms with van der Waals surface area (Å²) in [6.45, 7) is 9.01. The van der Waals surface area contributed by atoms with E-state index in [1.165, 1.54) is 11.1 Å². The third kappa shape index (κ3) is 6.65. The van der Waals surface area contributed by atoms with E-state index in [-0.39, 0.29) is 12.1 Å². The zero-order valence-electron chi connectivity index (χ0n) is 20.1. The fraction of sp³-hybridized carbons (Fsp3) is 0.500. The van der Waals surface area contributed by atoms with E-state index >= 15 is 0 Å². The van der Waals surface area contributed by atoms with E-state index in [1.54, 1.807) is 0 Å². The second-order valence-corrected chi connectivity index (χ2v) is 9.45. The predicted molar refractivity (Wildman–Crippen MR) is 135 cm³/mol.